The molecule has 2 atom stereocenters. The van der Waals surface area contributed by atoms with Crippen LogP contribution in [0, 0.1) is 0 Å². The highest BCUT2D eigenvalue weighted by molar-refractivity contribution is 5.39. The smallest absolute Gasteiger partial charge is 0.161 e. The number of nitrogens with one attached hydrogen (secondary N) is 1. The summed E-state index contributed by atoms with van der Waals surface area (Å²) in [4.78, 5) is 0. The van der Waals surface area contributed by atoms with Crippen molar-refractivity contribution in [3.8, 4) is 11.5 Å². The molecule has 0 aliphatic rings. The number of hydrogen-bond donors (Lipinski definition) is 1. The van der Waals surface area contributed by atoms with Gasteiger partial charge in [0.1, 0.15) is 0 Å². The van der Waals surface area contributed by atoms with Gasteiger partial charge in [0, 0.05) is 6.04 Å². The minimum absolute atomic E-state index is 0.167. The van der Waals surface area contributed by atoms with E-state index in [0.717, 1.165) is 24.5 Å². The van der Waals surface area contributed by atoms with E-state index in [1.165, 1.54) is 0 Å². The van der Waals surface area contributed by atoms with E-state index in [4.69, 9.17) is 9.47 Å². The molecule has 0 spiro atoms. The minimum atomic E-state index is 0.167. The molecule has 0 amide bonds. The van der Waals surface area contributed by atoms with Crippen LogP contribution in [0.1, 0.15) is 27.2 Å². The molecule has 0 radical (unpaired) electrons. The number of hydrogen-bond acceptors (Lipinski definition) is 3. The quantitative estimate of drug-likeness (QED) is 0.791. The highest BCUT2D eigenvalue weighted by atomic mass is 16.5. The summed E-state index contributed by atoms with van der Waals surface area (Å²) < 4.78 is 11.1. The van der Waals surface area contributed by atoms with Gasteiger partial charge in [-0.15, -0.1) is 0 Å². The molecule has 0 aliphatic heterocycles. The Morgan fingerprint density at radius 1 is 1.18 bits per heavy atom. The van der Waals surface area contributed by atoms with Crippen LogP contribution in [0.15, 0.2) is 24.3 Å². The zero-order valence-electron chi connectivity index (χ0n) is 11.2. The van der Waals surface area contributed by atoms with Gasteiger partial charge < -0.3 is 14.8 Å². The lowest BCUT2D eigenvalue weighted by Crippen LogP contribution is -2.30. The van der Waals surface area contributed by atoms with Gasteiger partial charge in [0.05, 0.1) is 13.2 Å². The molecule has 1 aromatic rings. The zero-order valence-corrected chi connectivity index (χ0v) is 11.2. The summed E-state index contributed by atoms with van der Waals surface area (Å²) >= 11 is 0. The highest BCUT2D eigenvalue weighted by Gasteiger charge is 2.11. The van der Waals surface area contributed by atoms with Gasteiger partial charge >= 0.3 is 0 Å². The molecule has 3 heteroatoms. The van der Waals surface area contributed by atoms with Crippen molar-refractivity contribution in [3.63, 3.8) is 0 Å². The molecule has 0 aliphatic carbocycles. The first-order valence-corrected chi connectivity index (χ1v) is 6.20. The summed E-state index contributed by atoms with van der Waals surface area (Å²) in [5, 5.41) is 3.38. The van der Waals surface area contributed by atoms with Gasteiger partial charge in [0.25, 0.3) is 0 Å². The summed E-state index contributed by atoms with van der Waals surface area (Å²) in [6, 6.07) is 8.21. The van der Waals surface area contributed by atoms with Crippen LogP contribution in [-0.4, -0.2) is 25.8 Å². The normalized spacial score (nSPS) is 14.1. The standard InChI is InChI=1S/C14H23NO2/c1-5-15-11(2)10-12(3)17-14-9-7-6-8-13(14)16-4/h6-9,11-12,15H,5,10H2,1-4H3. The Bertz CT molecular complexity index is 328. The molecular formula is C14H23NO2. The van der Waals surface area contributed by atoms with E-state index < -0.39 is 0 Å². The van der Waals surface area contributed by atoms with Crippen LogP contribution in [0.4, 0.5) is 0 Å². The summed E-state index contributed by atoms with van der Waals surface area (Å²) in [6.07, 6.45) is 1.15. The Morgan fingerprint density at radius 3 is 2.41 bits per heavy atom. The van der Waals surface area contributed by atoms with Gasteiger partial charge in [-0.1, -0.05) is 19.1 Å². The minimum Gasteiger partial charge on any atom is -0.493 e. The van der Waals surface area contributed by atoms with Gasteiger partial charge in [0.15, 0.2) is 11.5 Å². The molecule has 0 saturated heterocycles. The van der Waals surface area contributed by atoms with Crippen LogP contribution in [0.3, 0.4) is 0 Å². The molecule has 1 rings (SSSR count). The lowest BCUT2D eigenvalue weighted by molar-refractivity contribution is 0.188. The van der Waals surface area contributed by atoms with Crippen LogP contribution in [0.2, 0.25) is 0 Å². The summed E-state index contributed by atoms with van der Waals surface area (Å²) in [7, 11) is 1.66. The molecule has 1 N–H and O–H groups in total. The van der Waals surface area contributed by atoms with Gasteiger partial charge in [-0.2, -0.15) is 0 Å². The molecule has 0 heterocycles. The van der Waals surface area contributed by atoms with Crippen molar-refractivity contribution in [3.05, 3.63) is 24.3 Å². The second kappa shape index (κ2) is 7.17. The third-order valence-electron chi connectivity index (χ3n) is 2.64. The van der Waals surface area contributed by atoms with E-state index in [0.29, 0.717) is 6.04 Å². The molecule has 1 aromatic carbocycles. The molecule has 17 heavy (non-hydrogen) atoms. The fraction of sp³-hybridized carbons (Fsp3) is 0.571. The summed E-state index contributed by atoms with van der Waals surface area (Å²) in [5.41, 5.74) is 0. The lowest BCUT2D eigenvalue weighted by atomic mass is 10.1. The van der Waals surface area contributed by atoms with E-state index >= 15 is 0 Å². The molecule has 0 bridgehead atoms. The number of benzene rings is 1. The Morgan fingerprint density at radius 2 is 1.82 bits per heavy atom. The molecular weight excluding hydrogens is 214 g/mol. The molecule has 3 nitrogen and oxygen atoms in total. The largest absolute Gasteiger partial charge is 0.493 e. The molecule has 2 unspecified atom stereocenters. The highest BCUT2D eigenvalue weighted by Crippen LogP contribution is 2.27. The van der Waals surface area contributed by atoms with Crippen LogP contribution in [0.25, 0.3) is 0 Å². The average molecular weight is 237 g/mol. The first-order valence-electron chi connectivity index (χ1n) is 6.20. The zero-order chi connectivity index (χ0) is 12.7. The van der Waals surface area contributed by atoms with Gasteiger partial charge in [0.2, 0.25) is 0 Å². The molecule has 0 fully saturated rings. The van der Waals surface area contributed by atoms with Crippen molar-refractivity contribution in [2.24, 2.45) is 0 Å². The maximum atomic E-state index is 5.89. The van der Waals surface area contributed by atoms with Crippen LogP contribution in [-0.2, 0) is 0 Å². The van der Waals surface area contributed by atoms with E-state index in [1.54, 1.807) is 7.11 Å². The van der Waals surface area contributed by atoms with Crippen LogP contribution >= 0.6 is 0 Å². The van der Waals surface area contributed by atoms with Crippen molar-refractivity contribution >= 4 is 0 Å². The first-order chi connectivity index (χ1) is 8.17. The van der Waals surface area contributed by atoms with Gasteiger partial charge in [-0.25, -0.2) is 0 Å². The second-order valence-corrected chi connectivity index (χ2v) is 4.27. The topological polar surface area (TPSA) is 30.5 Å². The van der Waals surface area contributed by atoms with E-state index in [2.05, 4.69) is 26.1 Å². The fourth-order valence-electron chi connectivity index (χ4n) is 1.91. The third kappa shape index (κ3) is 4.65. The maximum Gasteiger partial charge on any atom is 0.161 e. The summed E-state index contributed by atoms with van der Waals surface area (Å²) in [5.74, 6) is 1.60. The molecule has 96 valence electrons. The molecule has 0 saturated carbocycles. The second-order valence-electron chi connectivity index (χ2n) is 4.27. The average Bonchev–Trinajstić information content (AvgIpc) is 2.29. The Hall–Kier alpha value is -1.22. The van der Waals surface area contributed by atoms with Crippen molar-refractivity contribution in [1.82, 2.24) is 5.32 Å². The van der Waals surface area contributed by atoms with Crippen molar-refractivity contribution in [2.75, 3.05) is 13.7 Å². The molecule has 0 aromatic heterocycles. The van der Waals surface area contributed by atoms with Crippen molar-refractivity contribution in [1.29, 1.82) is 0 Å². The van der Waals surface area contributed by atoms with E-state index in [-0.39, 0.29) is 6.10 Å². The number of ether oxygens (including phenoxy) is 2. The first kappa shape index (κ1) is 13.8. The monoisotopic (exact) mass is 237 g/mol. The van der Waals surface area contributed by atoms with Crippen LogP contribution in [0.5, 0.6) is 11.5 Å². The Kier molecular flexibility index (Phi) is 5.84. The fourth-order valence-corrected chi connectivity index (χ4v) is 1.91. The summed E-state index contributed by atoms with van der Waals surface area (Å²) in [6.45, 7) is 7.36. The van der Waals surface area contributed by atoms with Gasteiger partial charge in [-0.05, 0) is 38.9 Å². The third-order valence-corrected chi connectivity index (χ3v) is 2.64. The van der Waals surface area contributed by atoms with Gasteiger partial charge in [-0.3, -0.25) is 0 Å². The Balaban J connectivity index is 2.52. The van der Waals surface area contributed by atoms with E-state index in [1.807, 2.05) is 24.3 Å². The Labute approximate surface area is 104 Å². The number of para-hydroxylation sites is 2. The van der Waals surface area contributed by atoms with Crippen molar-refractivity contribution < 1.29 is 9.47 Å². The lowest BCUT2D eigenvalue weighted by Gasteiger charge is -2.20. The number of methoxy groups -OCH3 is 1. The van der Waals surface area contributed by atoms with Crippen molar-refractivity contribution in [2.45, 2.75) is 39.3 Å². The predicted octanol–water partition coefficient (Wildman–Crippen LogP) is 2.85. The predicted molar refractivity (Wildman–Crippen MR) is 70.8 cm³/mol. The SMILES string of the molecule is CCNC(C)CC(C)Oc1ccccc1OC. The number of rotatable bonds is 7. The van der Waals surface area contributed by atoms with E-state index in [9.17, 15) is 0 Å². The maximum absolute atomic E-state index is 5.89. The van der Waals surface area contributed by atoms with Crippen LogP contribution < -0.4 is 14.8 Å².